The van der Waals surface area contributed by atoms with E-state index in [1.165, 1.54) is 32.4 Å². The molecule has 0 spiro atoms. The summed E-state index contributed by atoms with van der Waals surface area (Å²) >= 11 is 0. The first-order valence-corrected chi connectivity index (χ1v) is 10.4. The first-order chi connectivity index (χ1) is 10.3. The molecule has 1 aromatic heterocycles. The minimum Gasteiger partial charge on any atom is -0.256 e. The van der Waals surface area contributed by atoms with Crippen LogP contribution in [-0.2, 0) is 0 Å². The third-order valence-electron chi connectivity index (χ3n) is 3.94. The molecule has 0 aliphatic carbocycles. The molecule has 1 nitrogen and oxygen atoms in total. The van der Waals surface area contributed by atoms with Gasteiger partial charge >= 0.3 is 0 Å². The van der Waals surface area contributed by atoms with E-state index in [1.807, 2.05) is 6.20 Å². The van der Waals surface area contributed by atoms with E-state index >= 15 is 0 Å². The highest BCUT2D eigenvalue weighted by molar-refractivity contribution is 8.32. The molecule has 0 radical (unpaired) electrons. The van der Waals surface area contributed by atoms with E-state index in [2.05, 4.69) is 80.1 Å². The van der Waals surface area contributed by atoms with Crippen LogP contribution in [0.25, 0.3) is 22.0 Å². The molecule has 0 aliphatic rings. The fraction of sp³-hybridized carbons (Fsp3) is 0.250. The topological polar surface area (TPSA) is 12.9 Å². The van der Waals surface area contributed by atoms with Gasteiger partial charge < -0.3 is 0 Å². The average Bonchev–Trinajstić information content (AvgIpc) is 2.44. The van der Waals surface area contributed by atoms with E-state index in [0.717, 1.165) is 5.69 Å². The van der Waals surface area contributed by atoms with Crippen molar-refractivity contribution < 1.29 is 0 Å². The zero-order valence-corrected chi connectivity index (χ0v) is 14.8. The highest BCUT2D eigenvalue weighted by Gasteiger charge is 2.11. The second-order valence-corrected chi connectivity index (χ2v) is 10.9. The Labute approximate surface area is 134 Å². The Morgan fingerprint density at radius 2 is 1.50 bits per heavy atom. The Hall–Kier alpha value is -1.80. The maximum absolute atomic E-state index is 4.66. The summed E-state index contributed by atoms with van der Waals surface area (Å²) in [6.45, 7) is 4.28. The molecule has 0 atom stereocenters. The Morgan fingerprint density at radius 3 is 2.14 bits per heavy atom. The highest BCUT2D eigenvalue weighted by Crippen LogP contribution is 2.46. The molecule has 0 N–H and O–H groups in total. The Balaban J connectivity index is 2.23. The summed E-state index contributed by atoms with van der Waals surface area (Å²) in [6.07, 6.45) is 8.93. The van der Waals surface area contributed by atoms with Gasteiger partial charge in [-0.1, -0.05) is 23.3 Å². The van der Waals surface area contributed by atoms with Crippen molar-refractivity contribution in [3.8, 4) is 11.3 Å². The summed E-state index contributed by atoms with van der Waals surface area (Å²) in [5.41, 5.74) is 4.85. The molecule has 0 aliphatic heterocycles. The van der Waals surface area contributed by atoms with Crippen LogP contribution >= 0.6 is 10.0 Å². The van der Waals surface area contributed by atoms with E-state index in [9.17, 15) is 0 Å². The minimum atomic E-state index is -0.706. The second kappa shape index (κ2) is 5.44. The maximum Gasteiger partial charge on any atom is 0.0780 e. The molecular formula is C20H23NS. The predicted octanol–water partition coefficient (Wildman–Crippen LogP) is 5.57. The minimum absolute atomic E-state index is 0.706. The smallest absolute Gasteiger partial charge is 0.0780 e. The van der Waals surface area contributed by atoms with Crippen molar-refractivity contribution in [1.82, 2.24) is 4.98 Å². The summed E-state index contributed by atoms with van der Waals surface area (Å²) in [5.74, 6) is 0. The Kier molecular flexibility index (Phi) is 3.73. The molecule has 0 amide bonds. The van der Waals surface area contributed by atoms with E-state index < -0.39 is 10.0 Å². The number of fused-ring (bicyclic) bond motifs is 1. The van der Waals surface area contributed by atoms with Crippen LogP contribution in [0.4, 0.5) is 0 Å². The number of rotatable bonds is 2. The van der Waals surface area contributed by atoms with Crippen LogP contribution in [0.1, 0.15) is 11.1 Å². The normalized spacial score (nSPS) is 12.6. The number of hydrogen-bond acceptors (Lipinski definition) is 1. The second-order valence-electron chi connectivity index (χ2n) is 6.76. The number of aryl methyl sites for hydroxylation is 2. The number of hydrogen-bond donors (Lipinski definition) is 0. The number of nitrogens with zero attached hydrogens (tertiary/aromatic N) is 1. The van der Waals surface area contributed by atoms with Gasteiger partial charge in [-0.2, -0.15) is 0 Å². The van der Waals surface area contributed by atoms with Crippen molar-refractivity contribution in [3.63, 3.8) is 0 Å². The molecule has 1 heterocycles. The first-order valence-electron chi connectivity index (χ1n) is 7.50. The molecule has 114 valence electrons. The van der Waals surface area contributed by atoms with E-state index in [4.69, 9.17) is 0 Å². The van der Waals surface area contributed by atoms with Crippen LogP contribution in [-0.4, -0.2) is 23.8 Å². The number of aromatic nitrogens is 1. The predicted molar refractivity (Wildman–Crippen MR) is 100 cm³/mol. The number of benzene rings is 2. The summed E-state index contributed by atoms with van der Waals surface area (Å²) in [5, 5.41) is 2.52. The van der Waals surface area contributed by atoms with Crippen molar-refractivity contribution in [2.75, 3.05) is 18.8 Å². The Morgan fingerprint density at radius 1 is 0.818 bits per heavy atom. The summed E-state index contributed by atoms with van der Waals surface area (Å²) in [4.78, 5) is 6.10. The van der Waals surface area contributed by atoms with Crippen LogP contribution in [0.2, 0.25) is 0 Å². The molecule has 0 bridgehead atoms. The summed E-state index contributed by atoms with van der Waals surface area (Å²) < 4.78 is 0. The van der Waals surface area contributed by atoms with Gasteiger partial charge in [-0.15, -0.1) is 0 Å². The maximum atomic E-state index is 4.66. The van der Waals surface area contributed by atoms with Gasteiger partial charge in [-0.3, -0.25) is 4.98 Å². The lowest BCUT2D eigenvalue weighted by Gasteiger charge is -2.26. The van der Waals surface area contributed by atoms with Crippen molar-refractivity contribution in [3.05, 3.63) is 59.8 Å². The van der Waals surface area contributed by atoms with E-state index in [0.29, 0.717) is 0 Å². The average molecular weight is 309 g/mol. The number of pyridine rings is 1. The summed E-state index contributed by atoms with van der Waals surface area (Å²) in [6, 6.07) is 15.6. The molecule has 3 aromatic rings. The van der Waals surface area contributed by atoms with Crippen LogP contribution in [0, 0.1) is 13.8 Å². The lowest BCUT2D eigenvalue weighted by atomic mass is 10.0. The molecular weight excluding hydrogens is 286 g/mol. The molecule has 0 saturated heterocycles. The zero-order chi connectivity index (χ0) is 15.9. The van der Waals surface area contributed by atoms with E-state index in [-0.39, 0.29) is 0 Å². The van der Waals surface area contributed by atoms with Gasteiger partial charge in [-0.05, 0) is 73.2 Å². The molecule has 0 unspecified atom stereocenters. The standard InChI is InChI=1S/C20H23NS/c1-14-10-15(2)12-17(11-14)20-19-7-6-18(22(3,4)5)13-16(19)8-9-21-20/h6-13H,1-5H3. The van der Waals surface area contributed by atoms with Crippen molar-refractivity contribution in [1.29, 1.82) is 0 Å². The SMILES string of the molecule is Cc1cc(C)cc(-c2nccc3cc(S(C)(C)C)ccc23)c1. The van der Waals surface area contributed by atoms with Crippen molar-refractivity contribution >= 4 is 20.8 Å². The van der Waals surface area contributed by atoms with Gasteiger partial charge in [-0.25, -0.2) is 10.0 Å². The summed E-state index contributed by atoms with van der Waals surface area (Å²) in [7, 11) is -0.706. The third kappa shape index (κ3) is 2.89. The largest absolute Gasteiger partial charge is 0.256 e. The molecule has 2 aromatic carbocycles. The molecule has 2 heteroatoms. The van der Waals surface area contributed by atoms with Crippen LogP contribution in [0.15, 0.2) is 53.6 Å². The van der Waals surface area contributed by atoms with Crippen molar-refractivity contribution in [2.24, 2.45) is 0 Å². The molecule has 3 rings (SSSR count). The highest BCUT2D eigenvalue weighted by atomic mass is 32.3. The quantitative estimate of drug-likeness (QED) is 0.603. The monoisotopic (exact) mass is 309 g/mol. The third-order valence-corrected chi connectivity index (χ3v) is 5.61. The van der Waals surface area contributed by atoms with Gasteiger partial charge in [0.05, 0.1) is 5.69 Å². The van der Waals surface area contributed by atoms with Crippen LogP contribution in [0.5, 0.6) is 0 Å². The van der Waals surface area contributed by atoms with Gasteiger partial charge in [0.1, 0.15) is 0 Å². The zero-order valence-electron chi connectivity index (χ0n) is 14.0. The van der Waals surface area contributed by atoms with E-state index in [1.54, 1.807) is 0 Å². The van der Waals surface area contributed by atoms with Gasteiger partial charge in [0.15, 0.2) is 0 Å². The van der Waals surface area contributed by atoms with Gasteiger partial charge in [0.2, 0.25) is 0 Å². The fourth-order valence-electron chi connectivity index (χ4n) is 2.88. The van der Waals surface area contributed by atoms with Crippen LogP contribution in [0.3, 0.4) is 0 Å². The lowest BCUT2D eigenvalue weighted by Crippen LogP contribution is -1.94. The Bertz CT molecular complexity index is 824. The van der Waals surface area contributed by atoms with Crippen molar-refractivity contribution in [2.45, 2.75) is 18.7 Å². The molecule has 0 fully saturated rings. The lowest BCUT2D eigenvalue weighted by molar-refractivity contribution is 1.32. The van der Waals surface area contributed by atoms with Gasteiger partial charge in [0, 0.05) is 17.1 Å². The fourth-order valence-corrected chi connectivity index (χ4v) is 3.84. The van der Waals surface area contributed by atoms with Gasteiger partial charge in [0.25, 0.3) is 0 Å². The first kappa shape index (κ1) is 15.1. The van der Waals surface area contributed by atoms with Crippen LogP contribution < -0.4 is 0 Å². The molecule has 22 heavy (non-hydrogen) atoms. The molecule has 0 saturated carbocycles.